The largest absolute Gasteiger partial charge is 0.415 e. The zero-order valence-corrected chi connectivity index (χ0v) is 17.3. The van der Waals surface area contributed by atoms with Gasteiger partial charge in [-0.3, -0.25) is 9.59 Å². The highest BCUT2D eigenvalue weighted by molar-refractivity contribution is 6.17. The lowest BCUT2D eigenvalue weighted by molar-refractivity contribution is -0.145. The molecule has 0 aromatic rings. The molecule has 0 atom stereocenters. The molecule has 2 aliphatic rings. The van der Waals surface area contributed by atoms with Crippen molar-refractivity contribution in [3.8, 4) is 18.2 Å². The number of hydrogen-bond donors (Lipinski definition) is 0. The van der Waals surface area contributed by atoms with E-state index in [1.807, 2.05) is 6.07 Å². The van der Waals surface area contributed by atoms with Gasteiger partial charge in [-0.25, -0.2) is 0 Å². The summed E-state index contributed by atoms with van der Waals surface area (Å²) in [7, 11) is 0. The highest BCUT2D eigenvalue weighted by Gasteiger charge is 2.40. The second kappa shape index (κ2) is 8.05. The Kier molecular flexibility index (Phi) is 6.26. The minimum atomic E-state index is -0.983. The highest BCUT2D eigenvalue weighted by atomic mass is 27.0. The Bertz CT molecular complexity index is 748. The van der Waals surface area contributed by atoms with E-state index < -0.39 is 11.4 Å². The minimum absolute atomic E-state index is 0.0214. The van der Waals surface area contributed by atoms with Crippen molar-refractivity contribution in [3.05, 3.63) is 11.3 Å². The van der Waals surface area contributed by atoms with Crippen molar-refractivity contribution < 1.29 is 14.3 Å². The van der Waals surface area contributed by atoms with E-state index in [4.69, 9.17) is 4.74 Å². The molecule has 2 fully saturated rings. The van der Waals surface area contributed by atoms with Gasteiger partial charge >= 0.3 is 5.97 Å². The molecule has 134 valence electrons. The first-order chi connectivity index (χ1) is 12.3. The first-order valence-electron chi connectivity index (χ1n) is 8.96. The number of hydrogen-bond acceptors (Lipinski definition) is 6. The molecule has 26 heavy (non-hydrogen) atoms. The molecule has 0 aromatic heterocycles. The van der Waals surface area contributed by atoms with Crippen LogP contribution in [0.4, 0.5) is 0 Å². The van der Waals surface area contributed by atoms with Crippen molar-refractivity contribution in [1.29, 1.82) is 15.8 Å². The molecule has 0 aliphatic heterocycles. The van der Waals surface area contributed by atoms with Gasteiger partial charge in [-0.15, -0.1) is 0 Å². The van der Waals surface area contributed by atoms with E-state index in [2.05, 4.69) is 12.1 Å². The average molecular weight is 367 g/mol. The van der Waals surface area contributed by atoms with Gasteiger partial charge in [-0.1, -0.05) is 0 Å². The molecule has 0 radical (unpaired) electrons. The van der Waals surface area contributed by atoms with Crippen molar-refractivity contribution in [2.75, 3.05) is 0 Å². The number of carbonyl (C=O) groups excluding carboxylic acids is 2. The van der Waals surface area contributed by atoms with E-state index in [-0.39, 0.29) is 21.7 Å². The Balaban J connectivity index is 2.02. The molecule has 0 amide bonds. The Hall–Kier alpha value is -2.12. The highest BCUT2D eigenvalue weighted by Crippen LogP contribution is 2.43. The summed E-state index contributed by atoms with van der Waals surface area (Å²) in [5.41, 5.74) is -0.277. The Morgan fingerprint density at radius 2 is 1.65 bits per heavy atom. The van der Waals surface area contributed by atoms with Gasteiger partial charge in [0.1, 0.15) is 17.3 Å². The lowest BCUT2D eigenvalue weighted by Crippen LogP contribution is -2.31. The van der Waals surface area contributed by atoms with E-state index in [1.54, 1.807) is 0 Å². The van der Waals surface area contributed by atoms with E-state index in [1.165, 1.54) is 6.92 Å². The van der Waals surface area contributed by atoms with Gasteiger partial charge in [0.25, 0.3) is 0 Å². The van der Waals surface area contributed by atoms with E-state index in [0.717, 1.165) is 16.3 Å². The molecular weight excluding hydrogens is 345 g/mol. The topological polar surface area (TPSA) is 115 Å². The van der Waals surface area contributed by atoms with Gasteiger partial charge in [-0.2, -0.15) is 15.8 Å². The smallest absolute Gasteiger partial charge is 0.315 e. The van der Waals surface area contributed by atoms with Gasteiger partial charge < -0.3 is 4.74 Å². The molecule has 6 nitrogen and oxygen atoms in total. The molecular formula is C19H22AlN3O3. The maximum Gasteiger partial charge on any atom is 0.315 e. The third-order valence-corrected chi connectivity index (χ3v) is 7.14. The summed E-state index contributed by atoms with van der Waals surface area (Å²) in [4.78, 5) is 24.2. The Morgan fingerprint density at radius 1 is 1.08 bits per heavy atom. The van der Waals surface area contributed by atoms with Crippen molar-refractivity contribution in [2.24, 2.45) is 11.3 Å². The van der Waals surface area contributed by atoms with Crippen LogP contribution in [0.5, 0.6) is 0 Å². The number of esters is 1. The predicted octanol–water partition coefficient (Wildman–Crippen LogP) is 2.49. The molecule has 0 unspecified atom stereocenters. The third-order valence-electron chi connectivity index (χ3n) is 5.91. The number of rotatable bonds is 3. The van der Waals surface area contributed by atoms with E-state index >= 15 is 0 Å². The average Bonchev–Trinajstić information content (AvgIpc) is 2.66. The van der Waals surface area contributed by atoms with Crippen LogP contribution in [-0.4, -0.2) is 28.0 Å². The quantitative estimate of drug-likeness (QED) is 0.327. The van der Waals surface area contributed by atoms with Gasteiger partial charge in [0.2, 0.25) is 22.0 Å². The predicted molar refractivity (Wildman–Crippen MR) is 94.7 cm³/mol. The van der Waals surface area contributed by atoms with Crippen LogP contribution in [0, 0.1) is 45.3 Å². The summed E-state index contributed by atoms with van der Waals surface area (Å²) < 4.78 is 5.14. The van der Waals surface area contributed by atoms with Crippen LogP contribution >= 0.6 is 0 Å². The number of allylic oxidation sites excluding steroid dienone is 2. The molecule has 0 heterocycles. The lowest BCUT2D eigenvalue weighted by Gasteiger charge is -2.31. The molecule has 0 saturated heterocycles. The molecule has 7 heteroatoms. The molecule has 0 aromatic carbocycles. The SMILES string of the molecule is CC(=O)C1(C#N)CCC(=C(C#N)OC(=O)C2CC[C]([AlH2])(C#N)CC2)CC1. The zero-order chi connectivity index (χ0) is 19.4. The summed E-state index contributed by atoms with van der Waals surface area (Å²) in [6, 6.07) is 6.44. The fraction of sp³-hybridized carbons (Fsp3) is 0.632. The molecule has 2 aliphatic carbocycles. The number of ketones is 1. The number of nitriles is 3. The van der Waals surface area contributed by atoms with Gasteiger partial charge in [-0.05, 0) is 63.9 Å². The van der Waals surface area contributed by atoms with Crippen LogP contribution in [0.3, 0.4) is 0 Å². The lowest BCUT2D eigenvalue weighted by atomic mass is 9.71. The van der Waals surface area contributed by atoms with Gasteiger partial charge in [0.05, 0.1) is 18.1 Å². The van der Waals surface area contributed by atoms with Gasteiger partial charge in [0, 0.05) is 4.28 Å². The first-order valence-corrected chi connectivity index (χ1v) is 9.96. The zero-order valence-electron chi connectivity index (χ0n) is 15.3. The van der Waals surface area contributed by atoms with E-state index in [0.29, 0.717) is 56.9 Å². The van der Waals surface area contributed by atoms with Crippen LogP contribution in [0.15, 0.2) is 11.3 Å². The first kappa shape index (κ1) is 20.2. The van der Waals surface area contributed by atoms with E-state index in [9.17, 15) is 25.4 Å². The molecule has 0 N–H and O–H groups in total. The number of Topliss-reactive ketones (excluding diaryl/α,β-unsaturated/α-hetero) is 1. The van der Waals surface area contributed by atoms with Crippen LogP contribution in [0.1, 0.15) is 58.3 Å². The maximum absolute atomic E-state index is 12.4. The summed E-state index contributed by atoms with van der Waals surface area (Å²) in [5, 5.41) is 27.9. The second-order valence-electron chi connectivity index (χ2n) is 7.66. The Labute approximate surface area is 161 Å². The number of nitrogens with zero attached hydrogens (tertiary/aromatic N) is 3. The maximum atomic E-state index is 12.4. The minimum Gasteiger partial charge on any atom is -0.415 e. The van der Waals surface area contributed by atoms with Crippen LogP contribution in [0.2, 0.25) is 4.28 Å². The molecule has 2 saturated carbocycles. The van der Waals surface area contributed by atoms with Crippen molar-refractivity contribution in [3.63, 3.8) is 0 Å². The normalized spacial score (nSPS) is 31.0. The number of carbonyl (C=O) groups is 2. The van der Waals surface area contributed by atoms with Crippen LogP contribution in [0.25, 0.3) is 0 Å². The summed E-state index contributed by atoms with van der Waals surface area (Å²) in [6.07, 6.45) is 4.17. The van der Waals surface area contributed by atoms with Crippen LogP contribution < -0.4 is 0 Å². The van der Waals surface area contributed by atoms with Crippen LogP contribution in [-0.2, 0) is 14.3 Å². The van der Waals surface area contributed by atoms with Crippen molar-refractivity contribution >= 4 is 28.0 Å². The molecule has 0 bridgehead atoms. The van der Waals surface area contributed by atoms with Crippen molar-refractivity contribution in [2.45, 2.75) is 62.6 Å². The molecule has 0 spiro atoms. The van der Waals surface area contributed by atoms with Gasteiger partial charge in [0.15, 0.2) is 0 Å². The summed E-state index contributed by atoms with van der Waals surface area (Å²) >= 11 is 0.787. The third kappa shape index (κ3) is 4.16. The van der Waals surface area contributed by atoms with Crippen molar-refractivity contribution in [1.82, 2.24) is 0 Å². The monoisotopic (exact) mass is 367 g/mol. The fourth-order valence-electron chi connectivity index (χ4n) is 3.71. The number of ether oxygens (including phenoxy) is 1. The second-order valence-corrected chi connectivity index (χ2v) is 9.58. The summed E-state index contributed by atoms with van der Waals surface area (Å²) in [5.74, 6) is -0.804. The fourth-order valence-corrected chi connectivity index (χ4v) is 4.29. The summed E-state index contributed by atoms with van der Waals surface area (Å²) in [6.45, 7) is 1.42. The standard InChI is InChI=1S/C19H20N3O3.Al.2H/c1-13(23)19(12-22)8-6-15(7-9-19)17(11-21)25-18(24)16-4-2-14(10-20)3-5-16;;;/h16H,2-9H2,1H3;;;. The molecule has 2 rings (SSSR count). The Morgan fingerprint density at radius 3 is 2.08 bits per heavy atom.